The first kappa shape index (κ1) is 12.5. The maximum Gasteiger partial charge on any atom is 0.221 e. The highest BCUT2D eigenvalue weighted by Crippen LogP contribution is 2.34. The minimum atomic E-state index is 0.124. The van der Waals surface area contributed by atoms with Crippen LogP contribution < -0.4 is 10.6 Å². The molecule has 1 aliphatic carbocycles. The number of hydrogen-bond donors (Lipinski definition) is 2. The topological polar surface area (TPSA) is 41.1 Å². The first-order valence-electron chi connectivity index (χ1n) is 5.97. The second kappa shape index (κ2) is 5.50. The molecular formula is C12H24N2O. The fourth-order valence-corrected chi connectivity index (χ4v) is 2.12. The molecule has 0 heterocycles. The number of carbonyl (C=O) groups is 1. The van der Waals surface area contributed by atoms with Crippen LogP contribution in [-0.4, -0.2) is 25.5 Å². The van der Waals surface area contributed by atoms with E-state index < -0.39 is 0 Å². The molecule has 0 spiro atoms. The Bertz CT molecular complexity index is 204. The Morgan fingerprint density at radius 3 is 2.47 bits per heavy atom. The summed E-state index contributed by atoms with van der Waals surface area (Å²) in [6.07, 6.45) is 5.69. The predicted molar refractivity (Wildman–Crippen MR) is 62.7 cm³/mol. The minimum absolute atomic E-state index is 0.124. The number of carbonyl (C=O) groups excluding carboxylic acids is 1. The largest absolute Gasteiger partial charge is 0.359 e. The number of rotatable bonds is 4. The van der Waals surface area contributed by atoms with Gasteiger partial charge in [-0.15, -0.1) is 0 Å². The van der Waals surface area contributed by atoms with Gasteiger partial charge in [-0.25, -0.2) is 0 Å². The van der Waals surface area contributed by atoms with Crippen LogP contribution in [0.4, 0.5) is 0 Å². The molecule has 0 aromatic carbocycles. The quantitative estimate of drug-likeness (QED) is 0.744. The lowest BCUT2D eigenvalue weighted by Gasteiger charge is -2.34. The highest BCUT2D eigenvalue weighted by atomic mass is 16.1. The van der Waals surface area contributed by atoms with Crippen molar-refractivity contribution in [2.24, 2.45) is 5.41 Å². The van der Waals surface area contributed by atoms with Crippen LogP contribution in [-0.2, 0) is 4.79 Å². The van der Waals surface area contributed by atoms with Crippen LogP contribution in [0.3, 0.4) is 0 Å². The Balaban J connectivity index is 2.11. The molecule has 1 rings (SSSR count). The molecule has 0 bridgehead atoms. The summed E-state index contributed by atoms with van der Waals surface area (Å²) >= 11 is 0. The molecule has 0 aliphatic heterocycles. The van der Waals surface area contributed by atoms with Crippen LogP contribution in [0.1, 0.15) is 46.0 Å². The van der Waals surface area contributed by atoms with Gasteiger partial charge in [0.15, 0.2) is 0 Å². The predicted octanol–water partition coefficient (Wildman–Crippen LogP) is 1.68. The summed E-state index contributed by atoms with van der Waals surface area (Å²) in [5.74, 6) is 0.124. The van der Waals surface area contributed by atoms with Gasteiger partial charge in [-0.1, -0.05) is 13.8 Å². The average Bonchev–Trinajstić information content (AvgIpc) is 2.20. The molecule has 0 aromatic rings. The lowest BCUT2D eigenvalue weighted by molar-refractivity contribution is -0.120. The second-order valence-corrected chi connectivity index (χ2v) is 5.32. The van der Waals surface area contributed by atoms with Gasteiger partial charge in [0, 0.05) is 26.1 Å². The maximum absolute atomic E-state index is 11.0. The van der Waals surface area contributed by atoms with E-state index in [2.05, 4.69) is 24.5 Å². The van der Waals surface area contributed by atoms with Crippen LogP contribution in [0, 0.1) is 5.41 Å². The summed E-state index contributed by atoms with van der Waals surface area (Å²) in [5.41, 5.74) is 0.527. The Kier molecular flexibility index (Phi) is 4.58. The van der Waals surface area contributed by atoms with Crippen molar-refractivity contribution in [3.05, 3.63) is 0 Å². The monoisotopic (exact) mass is 212 g/mol. The zero-order valence-corrected chi connectivity index (χ0v) is 10.2. The van der Waals surface area contributed by atoms with E-state index in [1.165, 1.54) is 25.7 Å². The minimum Gasteiger partial charge on any atom is -0.359 e. The normalized spacial score (nSPS) is 21.3. The first-order chi connectivity index (χ1) is 7.03. The van der Waals surface area contributed by atoms with E-state index in [0.29, 0.717) is 17.9 Å². The fraction of sp³-hybridized carbons (Fsp3) is 0.917. The van der Waals surface area contributed by atoms with Crippen LogP contribution >= 0.6 is 0 Å². The van der Waals surface area contributed by atoms with Crippen LogP contribution in [0.25, 0.3) is 0 Å². The zero-order chi connectivity index (χ0) is 11.3. The highest BCUT2D eigenvalue weighted by molar-refractivity contribution is 5.75. The van der Waals surface area contributed by atoms with E-state index in [1.54, 1.807) is 7.05 Å². The van der Waals surface area contributed by atoms with Crippen molar-refractivity contribution in [3.8, 4) is 0 Å². The molecule has 1 saturated carbocycles. The van der Waals surface area contributed by atoms with Gasteiger partial charge in [-0.2, -0.15) is 0 Å². The van der Waals surface area contributed by atoms with Gasteiger partial charge in [0.2, 0.25) is 5.91 Å². The molecule has 0 radical (unpaired) electrons. The molecule has 1 fully saturated rings. The molecule has 2 N–H and O–H groups in total. The molecule has 0 aromatic heterocycles. The Morgan fingerprint density at radius 1 is 1.33 bits per heavy atom. The summed E-state index contributed by atoms with van der Waals surface area (Å²) < 4.78 is 0. The highest BCUT2D eigenvalue weighted by Gasteiger charge is 2.26. The standard InChI is InChI=1S/C12H24N2O/c1-12(2)7-4-10(5-8-12)14-9-6-11(15)13-3/h10,14H,4-9H2,1-3H3,(H,13,15). The van der Waals surface area contributed by atoms with Gasteiger partial charge in [-0.3, -0.25) is 4.79 Å². The molecule has 0 saturated heterocycles. The lowest BCUT2D eigenvalue weighted by atomic mass is 9.75. The van der Waals surface area contributed by atoms with Crippen LogP contribution in [0.15, 0.2) is 0 Å². The third kappa shape index (κ3) is 4.65. The van der Waals surface area contributed by atoms with E-state index >= 15 is 0 Å². The summed E-state index contributed by atoms with van der Waals surface area (Å²) in [5, 5.41) is 6.10. The average molecular weight is 212 g/mol. The van der Waals surface area contributed by atoms with E-state index in [4.69, 9.17) is 0 Å². The van der Waals surface area contributed by atoms with E-state index in [0.717, 1.165) is 6.54 Å². The van der Waals surface area contributed by atoms with Gasteiger partial charge < -0.3 is 10.6 Å². The lowest BCUT2D eigenvalue weighted by Crippen LogP contribution is -2.37. The third-order valence-corrected chi connectivity index (χ3v) is 3.40. The molecular weight excluding hydrogens is 188 g/mol. The molecule has 0 atom stereocenters. The number of hydrogen-bond acceptors (Lipinski definition) is 2. The second-order valence-electron chi connectivity index (χ2n) is 5.32. The van der Waals surface area contributed by atoms with Crippen LogP contribution in [0.2, 0.25) is 0 Å². The molecule has 88 valence electrons. The third-order valence-electron chi connectivity index (χ3n) is 3.40. The zero-order valence-electron chi connectivity index (χ0n) is 10.2. The first-order valence-corrected chi connectivity index (χ1v) is 5.97. The molecule has 1 amide bonds. The van der Waals surface area contributed by atoms with Crippen molar-refractivity contribution in [3.63, 3.8) is 0 Å². The van der Waals surface area contributed by atoms with Gasteiger partial charge in [0.05, 0.1) is 0 Å². The summed E-state index contributed by atoms with van der Waals surface area (Å²) in [6, 6.07) is 0.627. The Labute approximate surface area is 93.0 Å². The van der Waals surface area contributed by atoms with E-state index in [-0.39, 0.29) is 5.91 Å². The SMILES string of the molecule is CNC(=O)CCNC1CCC(C)(C)CC1. The number of nitrogens with one attached hydrogen (secondary N) is 2. The van der Waals surface area contributed by atoms with E-state index in [9.17, 15) is 4.79 Å². The van der Waals surface area contributed by atoms with Crippen LogP contribution in [0.5, 0.6) is 0 Å². The van der Waals surface area contributed by atoms with Gasteiger partial charge in [-0.05, 0) is 31.1 Å². The fourth-order valence-electron chi connectivity index (χ4n) is 2.12. The van der Waals surface area contributed by atoms with Crippen molar-refractivity contribution in [1.29, 1.82) is 0 Å². The molecule has 1 aliphatic rings. The van der Waals surface area contributed by atoms with Crippen molar-refractivity contribution in [1.82, 2.24) is 10.6 Å². The van der Waals surface area contributed by atoms with Crippen molar-refractivity contribution >= 4 is 5.91 Å². The van der Waals surface area contributed by atoms with Gasteiger partial charge >= 0.3 is 0 Å². The maximum atomic E-state index is 11.0. The molecule has 3 heteroatoms. The summed E-state index contributed by atoms with van der Waals surface area (Å²) in [4.78, 5) is 11.0. The smallest absolute Gasteiger partial charge is 0.221 e. The molecule has 0 unspecified atom stereocenters. The molecule has 15 heavy (non-hydrogen) atoms. The van der Waals surface area contributed by atoms with Crippen molar-refractivity contribution in [2.75, 3.05) is 13.6 Å². The van der Waals surface area contributed by atoms with Crippen molar-refractivity contribution in [2.45, 2.75) is 52.0 Å². The molecule has 3 nitrogen and oxygen atoms in total. The summed E-state index contributed by atoms with van der Waals surface area (Å²) in [6.45, 7) is 5.49. The Hall–Kier alpha value is -0.570. The number of amides is 1. The van der Waals surface area contributed by atoms with E-state index in [1.807, 2.05) is 0 Å². The summed E-state index contributed by atoms with van der Waals surface area (Å²) in [7, 11) is 1.69. The Morgan fingerprint density at radius 2 is 1.93 bits per heavy atom. The van der Waals surface area contributed by atoms with Gasteiger partial charge in [0.1, 0.15) is 0 Å². The van der Waals surface area contributed by atoms with Gasteiger partial charge in [0.25, 0.3) is 0 Å². The van der Waals surface area contributed by atoms with Crippen molar-refractivity contribution < 1.29 is 4.79 Å².